The second kappa shape index (κ2) is 6.50. The summed E-state index contributed by atoms with van der Waals surface area (Å²) in [6, 6.07) is 5.13. The molecule has 0 saturated heterocycles. The van der Waals surface area contributed by atoms with E-state index < -0.39 is 5.54 Å². The number of rotatable bonds is 3. The maximum absolute atomic E-state index is 12.3. The molecule has 1 N–H and O–H groups in total. The van der Waals surface area contributed by atoms with Gasteiger partial charge in [0.05, 0.1) is 7.11 Å². The van der Waals surface area contributed by atoms with Crippen molar-refractivity contribution in [3.05, 3.63) is 30.1 Å². The van der Waals surface area contributed by atoms with Crippen LogP contribution in [0.5, 0.6) is 0 Å². The van der Waals surface area contributed by atoms with Gasteiger partial charge in [-0.3, -0.25) is 9.78 Å². The van der Waals surface area contributed by atoms with Crippen LogP contribution in [0, 0.1) is 0 Å². The van der Waals surface area contributed by atoms with Crippen LogP contribution in [0.4, 0.5) is 0 Å². The molecule has 0 unspecified atom stereocenters. The minimum Gasteiger partial charge on any atom is -0.467 e. The summed E-state index contributed by atoms with van der Waals surface area (Å²) in [7, 11) is 1.36. The zero-order valence-electron chi connectivity index (χ0n) is 11.7. The molecule has 20 heavy (non-hydrogen) atoms. The standard InChI is InChI=1S/C15H20N2O3/c1-20-14(19)15(9-5-2-3-6-10-15)17-13(18)12-8-4-7-11-16-12/h4,7-8,11H,2-3,5-6,9-10H2,1H3,(H,17,18). The van der Waals surface area contributed by atoms with Gasteiger partial charge in [0, 0.05) is 6.20 Å². The Balaban J connectivity index is 2.19. The summed E-state index contributed by atoms with van der Waals surface area (Å²) in [5, 5.41) is 2.86. The fourth-order valence-electron chi connectivity index (χ4n) is 2.69. The SMILES string of the molecule is COC(=O)C1(NC(=O)c2ccccn2)CCCCCC1. The monoisotopic (exact) mass is 276 g/mol. The van der Waals surface area contributed by atoms with Crippen LogP contribution in [0.15, 0.2) is 24.4 Å². The van der Waals surface area contributed by atoms with E-state index in [2.05, 4.69) is 10.3 Å². The number of aromatic nitrogens is 1. The van der Waals surface area contributed by atoms with Crippen LogP contribution in [0.3, 0.4) is 0 Å². The van der Waals surface area contributed by atoms with Gasteiger partial charge in [0.2, 0.25) is 0 Å². The summed E-state index contributed by atoms with van der Waals surface area (Å²) < 4.78 is 4.91. The molecule has 0 bridgehead atoms. The summed E-state index contributed by atoms with van der Waals surface area (Å²) in [5.41, 5.74) is -0.583. The first-order valence-corrected chi connectivity index (χ1v) is 7.00. The largest absolute Gasteiger partial charge is 0.467 e. The number of nitrogens with zero attached hydrogens (tertiary/aromatic N) is 1. The lowest BCUT2D eigenvalue weighted by atomic mass is 9.90. The minimum absolute atomic E-state index is 0.319. The number of nitrogens with one attached hydrogen (secondary N) is 1. The average Bonchev–Trinajstić information content (AvgIpc) is 2.74. The van der Waals surface area contributed by atoms with Crippen molar-refractivity contribution in [2.45, 2.75) is 44.1 Å². The summed E-state index contributed by atoms with van der Waals surface area (Å²) in [4.78, 5) is 28.4. The molecule has 1 fully saturated rings. The van der Waals surface area contributed by atoms with E-state index in [9.17, 15) is 9.59 Å². The summed E-state index contributed by atoms with van der Waals surface area (Å²) in [6.07, 6.45) is 6.80. The highest BCUT2D eigenvalue weighted by molar-refractivity contribution is 5.96. The maximum Gasteiger partial charge on any atom is 0.331 e. The van der Waals surface area contributed by atoms with Crippen molar-refractivity contribution < 1.29 is 14.3 Å². The third-order valence-electron chi connectivity index (χ3n) is 3.78. The quantitative estimate of drug-likeness (QED) is 0.678. The van der Waals surface area contributed by atoms with Crippen molar-refractivity contribution in [1.82, 2.24) is 10.3 Å². The Kier molecular flexibility index (Phi) is 4.71. The highest BCUT2D eigenvalue weighted by Gasteiger charge is 2.41. The Morgan fingerprint density at radius 2 is 1.90 bits per heavy atom. The first kappa shape index (κ1) is 14.5. The molecule has 0 aromatic carbocycles. The zero-order chi connectivity index (χ0) is 14.4. The summed E-state index contributed by atoms with van der Waals surface area (Å²) in [5.74, 6) is -0.679. The number of carbonyl (C=O) groups excluding carboxylic acids is 2. The van der Waals surface area contributed by atoms with Gasteiger partial charge in [-0.1, -0.05) is 31.7 Å². The molecule has 1 aromatic rings. The third-order valence-corrected chi connectivity index (χ3v) is 3.78. The molecule has 0 aliphatic heterocycles. The van der Waals surface area contributed by atoms with Crippen LogP contribution < -0.4 is 5.32 Å². The highest BCUT2D eigenvalue weighted by atomic mass is 16.5. The Morgan fingerprint density at radius 1 is 1.20 bits per heavy atom. The third kappa shape index (κ3) is 3.15. The van der Waals surface area contributed by atoms with Gasteiger partial charge in [0.15, 0.2) is 0 Å². The number of hydrogen-bond acceptors (Lipinski definition) is 4. The molecule has 5 nitrogen and oxygen atoms in total. The van der Waals surface area contributed by atoms with Gasteiger partial charge >= 0.3 is 5.97 Å². The van der Waals surface area contributed by atoms with Gasteiger partial charge in [-0.15, -0.1) is 0 Å². The van der Waals surface area contributed by atoms with E-state index in [1.807, 2.05) is 0 Å². The predicted octanol–water partition coefficient (Wildman–Crippen LogP) is 2.08. The Morgan fingerprint density at radius 3 is 2.45 bits per heavy atom. The Labute approximate surface area is 118 Å². The normalized spacial score (nSPS) is 17.9. The highest BCUT2D eigenvalue weighted by Crippen LogP contribution is 2.28. The zero-order valence-corrected chi connectivity index (χ0v) is 11.7. The molecule has 1 heterocycles. The van der Waals surface area contributed by atoms with E-state index in [0.29, 0.717) is 18.5 Å². The second-order valence-electron chi connectivity index (χ2n) is 5.16. The lowest BCUT2D eigenvalue weighted by Crippen LogP contribution is -2.55. The van der Waals surface area contributed by atoms with Crippen molar-refractivity contribution in [2.24, 2.45) is 0 Å². The fraction of sp³-hybridized carbons (Fsp3) is 0.533. The number of methoxy groups -OCH3 is 1. The fourth-order valence-corrected chi connectivity index (χ4v) is 2.69. The van der Waals surface area contributed by atoms with Crippen LogP contribution in [0.1, 0.15) is 49.0 Å². The molecule has 1 amide bonds. The van der Waals surface area contributed by atoms with E-state index in [0.717, 1.165) is 25.7 Å². The first-order chi connectivity index (χ1) is 9.68. The van der Waals surface area contributed by atoms with Crippen molar-refractivity contribution in [2.75, 3.05) is 7.11 Å². The number of esters is 1. The van der Waals surface area contributed by atoms with E-state index in [-0.39, 0.29) is 11.9 Å². The molecular formula is C15H20N2O3. The smallest absolute Gasteiger partial charge is 0.331 e. The average molecular weight is 276 g/mol. The maximum atomic E-state index is 12.3. The molecule has 0 spiro atoms. The topological polar surface area (TPSA) is 68.3 Å². The minimum atomic E-state index is -0.903. The second-order valence-corrected chi connectivity index (χ2v) is 5.16. The van der Waals surface area contributed by atoms with E-state index in [1.54, 1.807) is 24.4 Å². The molecule has 1 aliphatic carbocycles. The molecule has 1 aliphatic rings. The molecular weight excluding hydrogens is 256 g/mol. The van der Waals surface area contributed by atoms with E-state index in [1.165, 1.54) is 7.11 Å². The van der Waals surface area contributed by atoms with Crippen molar-refractivity contribution in [3.8, 4) is 0 Å². The van der Waals surface area contributed by atoms with Crippen molar-refractivity contribution in [3.63, 3.8) is 0 Å². The molecule has 0 atom stereocenters. The van der Waals surface area contributed by atoms with Crippen LogP contribution in [-0.4, -0.2) is 29.5 Å². The van der Waals surface area contributed by atoms with Crippen LogP contribution >= 0.6 is 0 Å². The van der Waals surface area contributed by atoms with Gasteiger partial charge in [-0.05, 0) is 25.0 Å². The van der Waals surface area contributed by atoms with Crippen LogP contribution in [0.25, 0.3) is 0 Å². The summed E-state index contributed by atoms with van der Waals surface area (Å²) >= 11 is 0. The first-order valence-electron chi connectivity index (χ1n) is 7.00. The number of carbonyl (C=O) groups is 2. The molecule has 2 rings (SSSR count). The van der Waals surface area contributed by atoms with E-state index >= 15 is 0 Å². The lowest BCUT2D eigenvalue weighted by Gasteiger charge is -2.30. The summed E-state index contributed by atoms with van der Waals surface area (Å²) in [6.45, 7) is 0. The van der Waals surface area contributed by atoms with Crippen LogP contribution in [0.2, 0.25) is 0 Å². The van der Waals surface area contributed by atoms with Gasteiger partial charge in [0.1, 0.15) is 11.2 Å². The number of amides is 1. The number of hydrogen-bond donors (Lipinski definition) is 1. The molecule has 5 heteroatoms. The van der Waals surface area contributed by atoms with E-state index in [4.69, 9.17) is 4.74 Å². The molecule has 1 aromatic heterocycles. The lowest BCUT2D eigenvalue weighted by molar-refractivity contribution is -0.148. The Bertz CT molecular complexity index is 465. The number of pyridine rings is 1. The molecule has 108 valence electrons. The van der Waals surface area contributed by atoms with Crippen molar-refractivity contribution >= 4 is 11.9 Å². The van der Waals surface area contributed by atoms with Gasteiger partial charge in [0.25, 0.3) is 5.91 Å². The Hall–Kier alpha value is -1.91. The van der Waals surface area contributed by atoms with Gasteiger partial charge in [-0.2, -0.15) is 0 Å². The molecule has 1 saturated carbocycles. The van der Waals surface area contributed by atoms with Gasteiger partial charge < -0.3 is 10.1 Å². The van der Waals surface area contributed by atoms with Crippen LogP contribution in [-0.2, 0) is 9.53 Å². The van der Waals surface area contributed by atoms with Gasteiger partial charge in [-0.25, -0.2) is 4.79 Å². The molecule has 0 radical (unpaired) electrons. The van der Waals surface area contributed by atoms with Crippen molar-refractivity contribution in [1.29, 1.82) is 0 Å². The number of ether oxygens (including phenoxy) is 1. The predicted molar refractivity (Wildman–Crippen MR) is 74.2 cm³/mol.